The fourth-order valence-corrected chi connectivity index (χ4v) is 3.09. The maximum Gasteiger partial charge on any atom is 0.335 e. The Morgan fingerprint density at radius 1 is 1.20 bits per heavy atom. The van der Waals surface area contributed by atoms with Crippen LogP contribution in [0.4, 0.5) is 5.69 Å². The lowest BCUT2D eigenvalue weighted by Crippen LogP contribution is -2.11. The first-order valence-corrected chi connectivity index (χ1v) is 7.40. The van der Waals surface area contributed by atoms with Crippen molar-refractivity contribution in [2.75, 3.05) is 5.32 Å². The second kappa shape index (κ2) is 5.76. The summed E-state index contributed by atoms with van der Waals surface area (Å²) >= 11 is 4.65. The van der Waals surface area contributed by atoms with Gasteiger partial charge in [-0.3, -0.25) is 4.79 Å². The average Bonchev–Trinajstić information content (AvgIpc) is 2.69. The Morgan fingerprint density at radius 2 is 1.90 bits per heavy atom. The van der Waals surface area contributed by atoms with Crippen molar-refractivity contribution in [3.8, 4) is 0 Å². The van der Waals surface area contributed by atoms with Gasteiger partial charge in [0.25, 0.3) is 5.91 Å². The zero-order valence-corrected chi connectivity index (χ0v) is 13.3. The number of amides is 1. The summed E-state index contributed by atoms with van der Waals surface area (Å²) in [6, 6.07) is 6.40. The predicted molar refractivity (Wildman–Crippen MR) is 82.8 cm³/mol. The molecule has 0 fully saturated rings. The molecule has 1 aromatic heterocycles. The molecule has 0 saturated carbocycles. The van der Waals surface area contributed by atoms with Gasteiger partial charge in [-0.1, -0.05) is 15.9 Å². The van der Waals surface area contributed by atoms with E-state index in [2.05, 4.69) is 21.2 Å². The minimum absolute atomic E-state index is 0.119. The van der Waals surface area contributed by atoms with Crippen LogP contribution in [0.15, 0.2) is 28.7 Å². The van der Waals surface area contributed by atoms with E-state index >= 15 is 0 Å². The molecule has 0 aliphatic carbocycles. The van der Waals surface area contributed by atoms with E-state index < -0.39 is 5.97 Å². The molecule has 0 bridgehead atoms. The van der Waals surface area contributed by atoms with Gasteiger partial charge in [0.1, 0.15) is 0 Å². The lowest BCUT2D eigenvalue weighted by Gasteiger charge is -2.06. The van der Waals surface area contributed by atoms with Crippen LogP contribution in [0.5, 0.6) is 0 Å². The van der Waals surface area contributed by atoms with Gasteiger partial charge in [0.15, 0.2) is 0 Å². The number of aromatic carboxylic acids is 1. The van der Waals surface area contributed by atoms with E-state index in [4.69, 9.17) is 5.11 Å². The van der Waals surface area contributed by atoms with Crippen molar-refractivity contribution in [1.29, 1.82) is 0 Å². The Kier molecular flexibility index (Phi) is 4.25. The quantitative estimate of drug-likeness (QED) is 0.873. The van der Waals surface area contributed by atoms with Gasteiger partial charge in [0, 0.05) is 15.0 Å². The fraction of sp³-hybridized carbons (Fsp3) is 0.143. The van der Waals surface area contributed by atoms with Crippen LogP contribution in [-0.4, -0.2) is 17.0 Å². The molecule has 0 saturated heterocycles. The zero-order chi connectivity index (χ0) is 14.9. The number of rotatable bonds is 3. The number of carbonyl (C=O) groups excluding carboxylic acids is 1. The maximum absolute atomic E-state index is 12.1. The number of halogens is 1. The number of carboxylic acid groups (broad SMARTS) is 1. The van der Waals surface area contributed by atoms with E-state index in [-0.39, 0.29) is 11.5 Å². The smallest absolute Gasteiger partial charge is 0.335 e. The van der Waals surface area contributed by atoms with E-state index in [1.807, 2.05) is 19.9 Å². The van der Waals surface area contributed by atoms with Crippen molar-refractivity contribution in [2.45, 2.75) is 13.8 Å². The molecule has 104 valence electrons. The van der Waals surface area contributed by atoms with Gasteiger partial charge >= 0.3 is 5.97 Å². The third kappa shape index (κ3) is 3.26. The molecule has 4 nitrogen and oxygen atoms in total. The first kappa shape index (κ1) is 14.7. The van der Waals surface area contributed by atoms with Gasteiger partial charge in [0.2, 0.25) is 0 Å². The molecule has 1 aromatic carbocycles. The van der Waals surface area contributed by atoms with Crippen LogP contribution in [0.25, 0.3) is 0 Å². The number of nitrogens with one attached hydrogen (secondary N) is 1. The number of benzene rings is 1. The van der Waals surface area contributed by atoms with Crippen LogP contribution < -0.4 is 5.32 Å². The average molecular weight is 354 g/mol. The largest absolute Gasteiger partial charge is 0.478 e. The highest BCUT2D eigenvalue weighted by Crippen LogP contribution is 2.24. The lowest BCUT2D eigenvalue weighted by molar-refractivity contribution is 0.0696. The van der Waals surface area contributed by atoms with Crippen LogP contribution in [0.1, 0.15) is 30.5 Å². The molecule has 20 heavy (non-hydrogen) atoms. The highest BCUT2D eigenvalue weighted by Gasteiger charge is 2.12. The van der Waals surface area contributed by atoms with Gasteiger partial charge in [-0.05, 0) is 43.7 Å². The van der Waals surface area contributed by atoms with Gasteiger partial charge in [-0.15, -0.1) is 11.3 Å². The highest BCUT2D eigenvalue weighted by atomic mass is 79.9. The number of hydrogen-bond donors (Lipinski definition) is 2. The molecular weight excluding hydrogens is 342 g/mol. The van der Waals surface area contributed by atoms with Crippen molar-refractivity contribution in [3.05, 3.63) is 49.6 Å². The Bertz CT molecular complexity index is 674. The summed E-state index contributed by atoms with van der Waals surface area (Å²) in [5.74, 6) is -1.27. The van der Waals surface area contributed by atoms with Crippen molar-refractivity contribution < 1.29 is 14.7 Å². The molecule has 0 aliphatic heterocycles. The second-order valence-corrected chi connectivity index (χ2v) is 6.51. The first-order chi connectivity index (χ1) is 9.36. The molecule has 2 aromatic rings. The maximum atomic E-state index is 12.1. The van der Waals surface area contributed by atoms with Crippen LogP contribution in [0.2, 0.25) is 0 Å². The number of anilines is 1. The Morgan fingerprint density at radius 3 is 2.45 bits per heavy atom. The third-order valence-corrected chi connectivity index (χ3v) is 4.40. The van der Waals surface area contributed by atoms with Gasteiger partial charge in [-0.2, -0.15) is 0 Å². The molecule has 0 radical (unpaired) electrons. The van der Waals surface area contributed by atoms with Gasteiger partial charge in [-0.25, -0.2) is 4.79 Å². The summed E-state index contributed by atoms with van der Waals surface area (Å²) in [6.07, 6.45) is 0. The molecule has 0 spiro atoms. The second-order valence-electron chi connectivity index (χ2n) is 4.34. The number of carbonyl (C=O) groups is 2. The molecule has 1 heterocycles. The lowest BCUT2D eigenvalue weighted by atomic mass is 10.2. The third-order valence-electron chi connectivity index (χ3n) is 2.79. The van der Waals surface area contributed by atoms with E-state index in [0.29, 0.717) is 15.0 Å². The standard InChI is InChI=1S/C14H12BrNO3S/c1-7-3-12(20-8(7)2)13(17)16-11-5-9(14(18)19)4-10(15)6-11/h3-6H,1-2H3,(H,16,17)(H,18,19). The monoisotopic (exact) mass is 353 g/mol. The van der Waals surface area contributed by atoms with E-state index in [1.54, 1.807) is 6.07 Å². The molecule has 6 heteroatoms. The van der Waals surface area contributed by atoms with Crippen LogP contribution in [0.3, 0.4) is 0 Å². The highest BCUT2D eigenvalue weighted by molar-refractivity contribution is 9.10. The van der Waals surface area contributed by atoms with Crippen molar-refractivity contribution in [1.82, 2.24) is 0 Å². The van der Waals surface area contributed by atoms with E-state index in [0.717, 1.165) is 10.4 Å². The number of hydrogen-bond acceptors (Lipinski definition) is 3. The first-order valence-electron chi connectivity index (χ1n) is 5.79. The number of thiophene rings is 1. The Labute approximate surface area is 128 Å². The van der Waals surface area contributed by atoms with Gasteiger partial charge < -0.3 is 10.4 Å². The minimum Gasteiger partial charge on any atom is -0.478 e. The van der Waals surface area contributed by atoms with Crippen molar-refractivity contribution in [3.63, 3.8) is 0 Å². The number of carboxylic acids is 1. The predicted octanol–water partition coefficient (Wildman–Crippen LogP) is 4.08. The van der Waals surface area contributed by atoms with Gasteiger partial charge in [0.05, 0.1) is 10.4 Å². The molecule has 2 rings (SSSR count). The van der Waals surface area contributed by atoms with Crippen LogP contribution >= 0.6 is 27.3 Å². The molecule has 1 amide bonds. The minimum atomic E-state index is -1.04. The molecule has 0 unspecified atom stereocenters. The summed E-state index contributed by atoms with van der Waals surface area (Å²) in [5, 5.41) is 11.7. The van der Waals surface area contributed by atoms with Crippen molar-refractivity contribution >= 4 is 44.8 Å². The van der Waals surface area contributed by atoms with E-state index in [1.165, 1.54) is 23.5 Å². The van der Waals surface area contributed by atoms with Crippen LogP contribution in [-0.2, 0) is 0 Å². The topological polar surface area (TPSA) is 66.4 Å². The molecular formula is C14H12BrNO3S. The van der Waals surface area contributed by atoms with E-state index in [9.17, 15) is 9.59 Å². The molecule has 0 atom stereocenters. The number of aryl methyl sites for hydroxylation is 2. The summed E-state index contributed by atoms with van der Waals surface area (Å²) < 4.78 is 0.603. The summed E-state index contributed by atoms with van der Waals surface area (Å²) in [6.45, 7) is 3.91. The van der Waals surface area contributed by atoms with Crippen molar-refractivity contribution in [2.24, 2.45) is 0 Å². The molecule has 2 N–H and O–H groups in total. The normalized spacial score (nSPS) is 10.3. The Balaban J connectivity index is 2.25. The fourth-order valence-electron chi connectivity index (χ4n) is 1.66. The summed E-state index contributed by atoms with van der Waals surface area (Å²) in [4.78, 5) is 24.8. The zero-order valence-electron chi connectivity index (χ0n) is 10.9. The van der Waals surface area contributed by atoms with Crippen LogP contribution in [0, 0.1) is 13.8 Å². The summed E-state index contributed by atoms with van der Waals surface area (Å²) in [5.41, 5.74) is 1.64. The SMILES string of the molecule is Cc1cc(C(=O)Nc2cc(Br)cc(C(=O)O)c2)sc1C. The molecule has 0 aliphatic rings. The summed E-state index contributed by atoms with van der Waals surface area (Å²) in [7, 11) is 0. The Hall–Kier alpha value is -1.66.